The predicted octanol–water partition coefficient (Wildman–Crippen LogP) is 2.00. The van der Waals surface area contributed by atoms with Gasteiger partial charge in [-0.1, -0.05) is 12.1 Å². The maximum absolute atomic E-state index is 11.6. The van der Waals surface area contributed by atoms with E-state index in [0.717, 1.165) is 19.4 Å². The lowest BCUT2D eigenvalue weighted by Crippen LogP contribution is -2.35. The molecule has 92 valence electrons. The number of benzene rings is 1. The molecule has 0 radical (unpaired) electrons. The van der Waals surface area contributed by atoms with Gasteiger partial charge >= 0.3 is 0 Å². The van der Waals surface area contributed by atoms with E-state index in [4.69, 9.17) is 0 Å². The van der Waals surface area contributed by atoms with E-state index in [-0.39, 0.29) is 5.91 Å². The lowest BCUT2D eigenvalue weighted by atomic mass is 10.2. The van der Waals surface area contributed by atoms with E-state index < -0.39 is 0 Å². The van der Waals surface area contributed by atoms with Crippen molar-refractivity contribution in [2.45, 2.75) is 25.4 Å². The number of rotatable bonds is 5. The Balaban J connectivity index is 1.77. The molecule has 0 aromatic heterocycles. The molecule has 1 amide bonds. The van der Waals surface area contributed by atoms with Crippen molar-refractivity contribution in [3.8, 4) is 0 Å². The normalized spacial score (nSPS) is 15.0. The van der Waals surface area contributed by atoms with Gasteiger partial charge in [-0.2, -0.15) is 0 Å². The molecule has 0 saturated heterocycles. The molecule has 4 heteroatoms. The minimum Gasteiger partial charge on any atom is -0.352 e. The Morgan fingerprint density at radius 2 is 2.06 bits per heavy atom. The largest absolute Gasteiger partial charge is 0.352 e. The Morgan fingerprint density at radius 3 is 2.65 bits per heavy atom. The van der Waals surface area contributed by atoms with E-state index >= 15 is 0 Å². The molecule has 0 spiro atoms. The SMILES string of the molecule is CN(CC(=O)NC1CC1)Cc1ccc(I)cc1. The smallest absolute Gasteiger partial charge is 0.234 e. The maximum atomic E-state index is 11.6. The van der Waals surface area contributed by atoms with Gasteiger partial charge in [-0.25, -0.2) is 0 Å². The summed E-state index contributed by atoms with van der Waals surface area (Å²) in [7, 11) is 1.98. The van der Waals surface area contributed by atoms with Gasteiger partial charge in [0.2, 0.25) is 5.91 Å². The number of amides is 1. The van der Waals surface area contributed by atoms with Gasteiger partial charge in [0.05, 0.1) is 6.54 Å². The molecule has 17 heavy (non-hydrogen) atoms. The van der Waals surface area contributed by atoms with Crippen molar-refractivity contribution >= 4 is 28.5 Å². The van der Waals surface area contributed by atoms with Gasteiger partial charge in [0.1, 0.15) is 0 Å². The molecule has 0 atom stereocenters. The predicted molar refractivity (Wildman–Crippen MR) is 76.7 cm³/mol. The highest BCUT2D eigenvalue weighted by atomic mass is 127. The third-order valence-corrected chi connectivity index (χ3v) is 3.44. The van der Waals surface area contributed by atoms with Crippen molar-refractivity contribution in [1.82, 2.24) is 10.2 Å². The van der Waals surface area contributed by atoms with Gasteiger partial charge in [-0.05, 0) is 60.2 Å². The molecular formula is C13H17IN2O. The first kappa shape index (κ1) is 12.8. The van der Waals surface area contributed by atoms with Gasteiger partial charge in [0.25, 0.3) is 0 Å². The number of nitrogens with zero attached hydrogens (tertiary/aromatic N) is 1. The number of carbonyl (C=O) groups is 1. The number of hydrogen-bond acceptors (Lipinski definition) is 2. The molecule has 1 N–H and O–H groups in total. The van der Waals surface area contributed by atoms with Crippen molar-refractivity contribution in [3.63, 3.8) is 0 Å². The van der Waals surface area contributed by atoms with Crippen LogP contribution in [0, 0.1) is 3.57 Å². The number of nitrogens with one attached hydrogen (secondary N) is 1. The zero-order chi connectivity index (χ0) is 12.3. The monoisotopic (exact) mass is 344 g/mol. The minimum absolute atomic E-state index is 0.139. The molecule has 1 aromatic rings. The second-order valence-corrected chi connectivity index (χ2v) is 5.89. The first-order valence-corrected chi connectivity index (χ1v) is 6.94. The molecule has 1 saturated carbocycles. The summed E-state index contributed by atoms with van der Waals surface area (Å²) in [5, 5.41) is 3.00. The standard InChI is InChI=1S/C13H17IN2O/c1-16(9-13(17)15-12-6-7-12)8-10-2-4-11(14)5-3-10/h2-5,12H,6-9H2,1H3,(H,15,17). The summed E-state index contributed by atoms with van der Waals surface area (Å²) in [6.45, 7) is 1.29. The molecule has 0 bridgehead atoms. The lowest BCUT2D eigenvalue weighted by molar-refractivity contribution is -0.122. The van der Waals surface area contributed by atoms with Gasteiger partial charge in [0, 0.05) is 16.2 Å². The van der Waals surface area contributed by atoms with E-state index in [9.17, 15) is 4.79 Å². The summed E-state index contributed by atoms with van der Waals surface area (Å²) in [5.74, 6) is 0.139. The van der Waals surface area contributed by atoms with Crippen LogP contribution in [0.15, 0.2) is 24.3 Å². The fourth-order valence-electron chi connectivity index (χ4n) is 1.70. The van der Waals surface area contributed by atoms with E-state index in [2.05, 4.69) is 52.2 Å². The molecule has 1 fully saturated rings. The first-order chi connectivity index (χ1) is 8.13. The quantitative estimate of drug-likeness (QED) is 0.829. The average molecular weight is 344 g/mol. The molecule has 1 aliphatic rings. The zero-order valence-electron chi connectivity index (χ0n) is 9.95. The highest BCUT2D eigenvalue weighted by Gasteiger charge is 2.23. The van der Waals surface area contributed by atoms with Crippen LogP contribution >= 0.6 is 22.6 Å². The average Bonchev–Trinajstić information content (AvgIpc) is 3.05. The Hall–Kier alpha value is -0.620. The van der Waals surface area contributed by atoms with Crippen LogP contribution in [0.3, 0.4) is 0 Å². The summed E-state index contributed by atoms with van der Waals surface area (Å²) in [6, 6.07) is 8.85. The third-order valence-electron chi connectivity index (χ3n) is 2.72. The molecule has 3 nitrogen and oxygen atoms in total. The molecule has 0 aliphatic heterocycles. The highest BCUT2D eigenvalue weighted by molar-refractivity contribution is 14.1. The minimum atomic E-state index is 0.139. The molecule has 1 aromatic carbocycles. The summed E-state index contributed by atoms with van der Waals surface area (Å²) in [5.41, 5.74) is 1.24. The van der Waals surface area contributed by atoms with E-state index in [1.54, 1.807) is 0 Å². The van der Waals surface area contributed by atoms with Crippen molar-refractivity contribution in [1.29, 1.82) is 0 Å². The Labute approximate surface area is 116 Å². The highest BCUT2D eigenvalue weighted by Crippen LogP contribution is 2.18. The van der Waals surface area contributed by atoms with Crippen molar-refractivity contribution in [3.05, 3.63) is 33.4 Å². The fraction of sp³-hybridized carbons (Fsp3) is 0.462. The van der Waals surface area contributed by atoms with Crippen LogP contribution in [0.2, 0.25) is 0 Å². The molecule has 0 unspecified atom stereocenters. The van der Waals surface area contributed by atoms with Crippen LogP contribution in [0.5, 0.6) is 0 Å². The van der Waals surface area contributed by atoms with E-state index in [1.165, 1.54) is 9.13 Å². The Kier molecular flexibility index (Phi) is 4.39. The Bertz CT molecular complexity index is 387. The van der Waals surface area contributed by atoms with Crippen molar-refractivity contribution < 1.29 is 4.79 Å². The number of hydrogen-bond donors (Lipinski definition) is 1. The van der Waals surface area contributed by atoms with Gasteiger partial charge in [-0.3, -0.25) is 9.69 Å². The van der Waals surface area contributed by atoms with Gasteiger partial charge < -0.3 is 5.32 Å². The van der Waals surface area contributed by atoms with Crippen LogP contribution in [0.25, 0.3) is 0 Å². The van der Waals surface area contributed by atoms with Crippen LogP contribution in [-0.2, 0) is 11.3 Å². The van der Waals surface area contributed by atoms with Gasteiger partial charge in [0.15, 0.2) is 0 Å². The van der Waals surface area contributed by atoms with Crippen LogP contribution in [-0.4, -0.2) is 30.4 Å². The third kappa shape index (κ3) is 4.63. The topological polar surface area (TPSA) is 32.3 Å². The molecular weight excluding hydrogens is 327 g/mol. The van der Waals surface area contributed by atoms with Crippen LogP contribution in [0.1, 0.15) is 18.4 Å². The number of carbonyl (C=O) groups excluding carboxylic acids is 1. The van der Waals surface area contributed by atoms with Crippen molar-refractivity contribution in [2.75, 3.05) is 13.6 Å². The van der Waals surface area contributed by atoms with Crippen LogP contribution < -0.4 is 5.32 Å². The number of likely N-dealkylation sites (N-methyl/N-ethyl adjacent to an activating group) is 1. The molecule has 2 rings (SSSR count). The van der Waals surface area contributed by atoms with E-state index in [1.807, 2.05) is 11.9 Å². The summed E-state index contributed by atoms with van der Waals surface area (Å²) in [4.78, 5) is 13.6. The molecule has 1 aliphatic carbocycles. The number of halogens is 1. The lowest BCUT2D eigenvalue weighted by Gasteiger charge is -2.16. The van der Waals surface area contributed by atoms with Crippen LogP contribution in [0.4, 0.5) is 0 Å². The van der Waals surface area contributed by atoms with Crippen molar-refractivity contribution in [2.24, 2.45) is 0 Å². The second kappa shape index (κ2) is 5.82. The summed E-state index contributed by atoms with van der Waals surface area (Å²) < 4.78 is 1.24. The Morgan fingerprint density at radius 1 is 1.41 bits per heavy atom. The zero-order valence-corrected chi connectivity index (χ0v) is 12.1. The maximum Gasteiger partial charge on any atom is 0.234 e. The summed E-state index contributed by atoms with van der Waals surface area (Å²) >= 11 is 2.29. The fourth-order valence-corrected chi connectivity index (χ4v) is 2.06. The summed E-state index contributed by atoms with van der Waals surface area (Å²) in [6.07, 6.45) is 2.29. The van der Waals surface area contributed by atoms with E-state index in [0.29, 0.717) is 12.6 Å². The molecule has 0 heterocycles. The second-order valence-electron chi connectivity index (χ2n) is 4.64. The first-order valence-electron chi connectivity index (χ1n) is 5.86. The van der Waals surface area contributed by atoms with Gasteiger partial charge in [-0.15, -0.1) is 0 Å².